The van der Waals surface area contributed by atoms with Crippen molar-refractivity contribution in [1.82, 2.24) is 0 Å². The van der Waals surface area contributed by atoms with Gasteiger partial charge in [0.25, 0.3) is 0 Å². The molecule has 0 fully saturated rings. The number of ether oxygens (including phenoxy) is 1. The fraction of sp³-hybridized carbons (Fsp3) is 0.462. The van der Waals surface area contributed by atoms with Gasteiger partial charge >= 0.3 is 0 Å². The Hall–Kier alpha value is -1.31. The van der Waals surface area contributed by atoms with Gasteiger partial charge in [0, 0.05) is 5.41 Å². The summed E-state index contributed by atoms with van der Waals surface area (Å²) < 4.78 is 5.63. The molecule has 1 aromatic rings. The molecule has 2 rings (SSSR count). The van der Waals surface area contributed by atoms with Gasteiger partial charge < -0.3 is 4.74 Å². The molecule has 0 saturated heterocycles. The van der Waals surface area contributed by atoms with Crippen molar-refractivity contribution < 1.29 is 4.74 Å². The average Bonchev–Trinajstić information content (AvgIpc) is 2.67. The molecule has 2 heteroatoms. The van der Waals surface area contributed by atoms with Crippen LogP contribution in [-0.2, 0) is 4.74 Å². The van der Waals surface area contributed by atoms with E-state index >= 15 is 0 Å². The van der Waals surface area contributed by atoms with Crippen LogP contribution in [0.15, 0.2) is 35.3 Å². The highest BCUT2D eigenvalue weighted by Crippen LogP contribution is 2.29. The highest BCUT2D eigenvalue weighted by molar-refractivity contribution is 5.83. The highest BCUT2D eigenvalue weighted by Gasteiger charge is 2.28. The van der Waals surface area contributed by atoms with Crippen LogP contribution in [0, 0.1) is 5.41 Å². The lowest BCUT2D eigenvalue weighted by Gasteiger charge is -2.16. The molecule has 1 aliphatic rings. The average molecular weight is 203 g/mol. The highest BCUT2D eigenvalue weighted by atomic mass is 16.5. The Morgan fingerprint density at radius 3 is 2.40 bits per heavy atom. The van der Waals surface area contributed by atoms with E-state index in [0.717, 1.165) is 5.90 Å². The molecule has 0 bridgehead atoms. The molecular formula is C13H17NO. The number of aliphatic imine (C=N–C) groups is 1. The maximum atomic E-state index is 5.63. The molecule has 15 heavy (non-hydrogen) atoms. The zero-order valence-electron chi connectivity index (χ0n) is 9.53. The summed E-state index contributed by atoms with van der Waals surface area (Å²) in [6.07, 6.45) is 0. The lowest BCUT2D eigenvalue weighted by Crippen LogP contribution is -2.20. The monoisotopic (exact) mass is 203 g/mol. The van der Waals surface area contributed by atoms with E-state index in [2.05, 4.69) is 37.9 Å². The normalized spacial score (nSPS) is 21.0. The van der Waals surface area contributed by atoms with Gasteiger partial charge in [-0.05, 0) is 5.56 Å². The number of rotatable bonds is 1. The van der Waals surface area contributed by atoms with Crippen molar-refractivity contribution in [2.75, 3.05) is 6.61 Å². The van der Waals surface area contributed by atoms with Crippen molar-refractivity contribution in [3.05, 3.63) is 35.9 Å². The maximum absolute atomic E-state index is 5.63. The summed E-state index contributed by atoms with van der Waals surface area (Å²) in [6, 6.07) is 10.5. The van der Waals surface area contributed by atoms with Crippen LogP contribution in [0.3, 0.4) is 0 Å². The van der Waals surface area contributed by atoms with Gasteiger partial charge in [0.05, 0.1) is 0 Å². The standard InChI is InChI=1S/C13H17NO/c1-13(2,3)12-14-11(9-15-12)10-7-5-4-6-8-10/h4-8,11H,9H2,1-3H3/t11-/m1/s1. The first-order chi connectivity index (χ1) is 7.07. The molecule has 0 unspecified atom stereocenters. The van der Waals surface area contributed by atoms with Crippen molar-refractivity contribution >= 4 is 5.90 Å². The first-order valence-corrected chi connectivity index (χ1v) is 5.33. The van der Waals surface area contributed by atoms with Gasteiger partial charge in [-0.3, -0.25) is 0 Å². The van der Waals surface area contributed by atoms with E-state index in [1.807, 2.05) is 18.2 Å². The Bertz CT molecular complexity index is 362. The van der Waals surface area contributed by atoms with Crippen LogP contribution in [0.5, 0.6) is 0 Å². The van der Waals surface area contributed by atoms with Crippen LogP contribution in [0.25, 0.3) is 0 Å². The van der Waals surface area contributed by atoms with Gasteiger partial charge in [-0.15, -0.1) is 0 Å². The molecule has 0 N–H and O–H groups in total. The van der Waals surface area contributed by atoms with E-state index in [1.54, 1.807) is 0 Å². The summed E-state index contributed by atoms with van der Waals surface area (Å²) in [4.78, 5) is 4.62. The number of benzene rings is 1. The van der Waals surface area contributed by atoms with Gasteiger partial charge in [-0.1, -0.05) is 51.1 Å². The molecule has 0 aliphatic carbocycles. The zero-order valence-corrected chi connectivity index (χ0v) is 9.53. The second kappa shape index (κ2) is 3.69. The topological polar surface area (TPSA) is 21.6 Å². The summed E-state index contributed by atoms with van der Waals surface area (Å²) in [6.45, 7) is 7.05. The van der Waals surface area contributed by atoms with Crippen molar-refractivity contribution in [3.63, 3.8) is 0 Å². The largest absolute Gasteiger partial charge is 0.478 e. The molecule has 0 aromatic heterocycles. The lowest BCUT2D eigenvalue weighted by molar-refractivity contribution is 0.283. The van der Waals surface area contributed by atoms with Gasteiger partial charge in [-0.2, -0.15) is 0 Å². The molecule has 2 nitrogen and oxygen atoms in total. The second-order valence-electron chi connectivity index (χ2n) is 4.92. The number of hydrogen-bond donors (Lipinski definition) is 0. The summed E-state index contributed by atoms with van der Waals surface area (Å²) in [7, 11) is 0. The first-order valence-electron chi connectivity index (χ1n) is 5.33. The van der Waals surface area contributed by atoms with Crippen LogP contribution in [0.2, 0.25) is 0 Å². The van der Waals surface area contributed by atoms with Crippen LogP contribution < -0.4 is 0 Å². The molecule has 0 amide bonds. The number of hydrogen-bond acceptors (Lipinski definition) is 2. The zero-order chi connectivity index (χ0) is 10.9. The quantitative estimate of drug-likeness (QED) is 0.686. The Morgan fingerprint density at radius 1 is 1.20 bits per heavy atom. The fourth-order valence-corrected chi connectivity index (χ4v) is 1.63. The van der Waals surface area contributed by atoms with Crippen LogP contribution in [-0.4, -0.2) is 12.5 Å². The summed E-state index contributed by atoms with van der Waals surface area (Å²) in [5, 5.41) is 0. The second-order valence-corrected chi connectivity index (χ2v) is 4.92. The SMILES string of the molecule is CC(C)(C)C1=N[C@@H](c2ccccc2)CO1. The van der Waals surface area contributed by atoms with E-state index in [-0.39, 0.29) is 11.5 Å². The van der Waals surface area contributed by atoms with Crippen LogP contribution in [0.4, 0.5) is 0 Å². The third-order valence-corrected chi connectivity index (χ3v) is 2.48. The van der Waals surface area contributed by atoms with E-state index in [1.165, 1.54) is 5.56 Å². The predicted octanol–water partition coefficient (Wildman–Crippen LogP) is 3.20. The smallest absolute Gasteiger partial charge is 0.189 e. The van der Waals surface area contributed by atoms with E-state index in [4.69, 9.17) is 4.74 Å². The summed E-state index contributed by atoms with van der Waals surface area (Å²) in [5.41, 5.74) is 1.25. The lowest BCUT2D eigenvalue weighted by atomic mass is 9.97. The molecule has 0 radical (unpaired) electrons. The van der Waals surface area contributed by atoms with Crippen molar-refractivity contribution in [2.45, 2.75) is 26.8 Å². The van der Waals surface area contributed by atoms with Gasteiger partial charge in [0.15, 0.2) is 5.90 Å². The van der Waals surface area contributed by atoms with E-state index in [9.17, 15) is 0 Å². The van der Waals surface area contributed by atoms with E-state index in [0.29, 0.717) is 6.61 Å². The number of nitrogens with zero attached hydrogens (tertiary/aromatic N) is 1. The van der Waals surface area contributed by atoms with Gasteiger partial charge in [-0.25, -0.2) is 4.99 Å². The van der Waals surface area contributed by atoms with Crippen LogP contribution in [0.1, 0.15) is 32.4 Å². The van der Waals surface area contributed by atoms with Gasteiger partial charge in [0.1, 0.15) is 12.6 Å². The molecular weight excluding hydrogens is 186 g/mol. The molecule has 80 valence electrons. The fourth-order valence-electron chi connectivity index (χ4n) is 1.63. The van der Waals surface area contributed by atoms with Crippen molar-refractivity contribution in [2.24, 2.45) is 10.4 Å². The van der Waals surface area contributed by atoms with Crippen molar-refractivity contribution in [1.29, 1.82) is 0 Å². The first kappa shape index (κ1) is 10.2. The predicted molar refractivity (Wildman–Crippen MR) is 62.0 cm³/mol. The molecule has 0 saturated carbocycles. The van der Waals surface area contributed by atoms with E-state index < -0.39 is 0 Å². The molecule has 1 aliphatic heterocycles. The summed E-state index contributed by atoms with van der Waals surface area (Å²) >= 11 is 0. The summed E-state index contributed by atoms with van der Waals surface area (Å²) in [5.74, 6) is 0.872. The van der Waals surface area contributed by atoms with Gasteiger partial charge in [0.2, 0.25) is 0 Å². The minimum absolute atomic E-state index is 0.0174. The Labute approximate surface area is 91.0 Å². The minimum atomic E-state index is 0.0174. The molecule has 1 heterocycles. The molecule has 1 atom stereocenters. The van der Waals surface area contributed by atoms with Crippen LogP contribution >= 0.6 is 0 Å². The molecule has 1 aromatic carbocycles. The molecule has 0 spiro atoms. The third kappa shape index (κ3) is 2.20. The maximum Gasteiger partial charge on any atom is 0.189 e. The Morgan fingerprint density at radius 2 is 1.87 bits per heavy atom. The Balaban J connectivity index is 2.20. The minimum Gasteiger partial charge on any atom is -0.478 e. The Kier molecular flexibility index (Phi) is 2.51. The third-order valence-electron chi connectivity index (χ3n) is 2.48. The van der Waals surface area contributed by atoms with Crippen molar-refractivity contribution in [3.8, 4) is 0 Å².